The molecule has 1 aliphatic carbocycles. The largest absolute Gasteiger partial charge is 0.0620 e. The topological polar surface area (TPSA) is 0 Å². The van der Waals surface area contributed by atoms with Gasteiger partial charge in [0.2, 0.25) is 0 Å². The molecule has 0 aliphatic heterocycles. The van der Waals surface area contributed by atoms with Crippen molar-refractivity contribution in [2.24, 2.45) is 22.7 Å². The van der Waals surface area contributed by atoms with Crippen molar-refractivity contribution in [2.45, 2.75) is 54.4 Å². The highest BCUT2D eigenvalue weighted by molar-refractivity contribution is 5.31. The second kappa shape index (κ2) is 4.40. The summed E-state index contributed by atoms with van der Waals surface area (Å²) in [5, 5.41) is 0. The molecule has 1 aromatic rings. The third-order valence-electron chi connectivity index (χ3n) is 4.71. The zero-order valence-corrected chi connectivity index (χ0v) is 12.9. The zero-order valence-electron chi connectivity index (χ0n) is 12.9. The van der Waals surface area contributed by atoms with Gasteiger partial charge in [-0.25, -0.2) is 0 Å². The van der Waals surface area contributed by atoms with Crippen LogP contribution in [-0.4, -0.2) is 0 Å². The first-order valence-corrected chi connectivity index (χ1v) is 7.26. The van der Waals surface area contributed by atoms with E-state index in [2.05, 4.69) is 65.8 Å². The van der Waals surface area contributed by atoms with Gasteiger partial charge in [-0.3, -0.25) is 0 Å². The van der Waals surface area contributed by atoms with Gasteiger partial charge in [-0.15, -0.1) is 0 Å². The van der Waals surface area contributed by atoms with Crippen LogP contribution in [0.25, 0.3) is 0 Å². The van der Waals surface area contributed by atoms with Gasteiger partial charge in [0.25, 0.3) is 0 Å². The lowest BCUT2D eigenvalue weighted by Crippen LogP contribution is -2.41. The Labute approximate surface area is 113 Å². The quantitative estimate of drug-likeness (QED) is 0.595. The summed E-state index contributed by atoms with van der Waals surface area (Å²) in [5.41, 5.74) is 3.95. The van der Waals surface area contributed by atoms with E-state index in [4.69, 9.17) is 0 Å². The standard InChI is InChI=1S/C18H28/c1-17(2,3)15-11-13-9-7-8-10-14(13)12-16(15)18(4,5)6/h7-10,15-16H,11-12H2,1-6H3. The summed E-state index contributed by atoms with van der Waals surface area (Å²) in [6, 6.07) is 9.03. The van der Waals surface area contributed by atoms with Crippen LogP contribution in [0.15, 0.2) is 24.3 Å². The maximum absolute atomic E-state index is 2.41. The highest BCUT2D eigenvalue weighted by Gasteiger charge is 2.41. The molecule has 0 saturated heterocycles. The molecule has 0 heteroatoms. The van der Waals surface area contributed by atoms with E-state index in [1.807, 2.05) is 0 Å². The highest BCUT2D eigenvalue weighted by Crippen LogP contribution is 2.47. The molecule has 0 N–H and O–H groups in total. The van der Waals surface area contributed by atoms with Crippen LogP contribution in [0.1, 0.15) is 52.7 Å². The number of benzene rings is 1. The van der Waals surface area contributed by atoms with Gasteiger partial charge in [0.15, 0.2) is 0 Å². The van der Waals surface area contributed by atoms with Gasteiger partial charge in [0.05, 0.1) is 0 Å². The van der Waals surface area contributed by atoms with Crippen LogP contribution >= 0.6 is 0 Å². The predicted molar refractivity (Wildman–Crippen MR) is 79.7 cm³/mol. The zero-order chi connectivity index (χ0) is 13.6. The van der Waals surface area contributed by atoms with E-state index >= 15 is 0 Å². The third-order valence-corrected chi connectivity index (χ3v) is 4.71. The van der Waals surface area contributed by atoms with E-state index in [1.54, 1.807) is 11.1 Å². The SMILES string of the molecule is CC(C)(C)C1Cc2ccccc2CC1C(C)(C)C. The van der Waals surface area contributed by atoms with Crippen molar-refractivity contribution in [1.82, 2.24) is 0 Å². The minimum Gasteiger partial charge on any atom is -0.0620 e. The molecule has 2 atom stereocenters. The molecule has 100 valence electrons. The lowest BCUT2D eigenvalue weighted by atomic mass is 9.58. The van der Waals surface area contributed by atoms with Crippen LogP contribution in [-0.2, 0) is 12.8 Å². The summed E-state index contributed by atoms with van der Waals surface area (Å²) in [4.78, 5) is 0. The average Bonchev–Trinajstić information content (AvgIpc) is 2.25. The normalized spacial score (nSPS) is 24.8. The Bertz CT molecular complexity index is 373. The van der Waals surface area contributed by atoms with Gasteiger partial charge in [-0.1, -0.05) is 65.8 Å². The van der Waals surface area contributed by atoms with E-state index in [9.17, 15) is 0 Å². The summed E-state index contributed by atoms with van der Waals surface area (Å²) in [6.45, 7) is 14.4. The Morgan fingerprint density at radius 1 is 0.722 bits per heavy atom. The average molecular weight is 244 g/mol. The Kier molecular flexibility index (Phi) is 3.34. The Balaban J connectivity index is 2.40. The second-order valence-electron chi connectivity index (χ2n) is 8.12. The van der Waals surface area contributed by atoms with Crippen LogP contribution in [0.3, 0.4) is 0 Å². The number of fused-ring (bicyclic) bond motifs is 1. The van der Waals surface area contributed by atoms with Gasteiger partial charge in [-0.05, 0) is 46.6 Å². The summed E-state index contributed by atoms with van der Waals surface area (Å²) < 4.78 is 0. The van der Waals surface area contributed by atoms with Crippen molar-refractivity contribution in [1.29, 1.82) is 0 Å². The molecule has 1 aromatic carbocycles. The smallest absolute Gasteiger partial charge is 0.0240 e. The molecule has 0 aromatic heterocycles. The van der Waals surface area contributed by atoms with Crippen molar-refractivity contribution >= 4 is 0 Å². The first-order valence-electron chi connectivity index (χ1n) is 7.26. The maximum atomic E-state index is 2.41. The van der Waals surface area contributed by atoms with Gasteiger partial charge in [0, 0.05) is 0 Å². The Morgan fingerprint density at radius 2 is 1.06 bits per heavy atom. The van der Waals surface area contributed by atoms with E-state index in [1.165, 1.54) is 12.8 Å². The molecule has 1 aliphatic rings. The number of hydrogen-bond acceptors (Lipinski definition) is 0. The molecule has 2 rings (SSSR count). The highest BCUT2D eigenvalue weighted by atomic mass is 14.5. The minimum absolute atomic E-state index is 0.394. The van der Waals surface area contributed by atoms with Crippen LogP contribution in [0, 0.1) is 22.7 Å². The third kappa shape index (κ3) is 2.63. The lowest BCUT2D eigenvalue weighted by molar-refractivity contribution is 0.0626. The van der Waals surface area contributed by atoms with E-state index in [0.717, 1.165) is 11.8 Å². The Morgan fingerprint density at radius 3 is 1.33 bits per heavy atom. The van der Waals surface area contributed by atoms with Gasteiger partial charge >= 0.3 is 0 Å². The fourth-order valence-electron chi connectivity index (χ4n) is 3.53. The molecule has 0 bridgehead atoms. The van der Waals surface area contributed by atoms with Gasteiger partial charge < -0.3 is 0 Å². The van der Waals surface area contributed by atoms with Crippen molar-refractivity contribution in [3.63, 3.8) is 0 Å². The monoisotopic (exact) mass is 244 g/mol. The number of rotatable bonds is 0. The molecular weight excluding hydrogens is 216 g/mol. The molecule has 0 nitrogen and oxygen atoms in total. The first-order chi connectivity index (χ1) is 8.19. The van der Waals surface area contributed by atoms with Crippen LogP contribution in [0.4, 0.5) is 0 Å². The fraction of sp³-hybridized carbons (Fsp3) is 0.667. The molecule has 0 amide bonds. The van der Waals surface area contributed by atoms with Crippen LogP contribution in [0.2, 0.25) is 0 Å². The first kappa shape index (κ1) is 13.6. The Hall–Kier alpha value is -0.780. The molecule has 18 heavy (non-hydrogen) atoms. The maximum Gasteiger partial charge on any atom is -0.0240 e. The predicted octanol–water partition coefficient (Wildman–Crippen LogP) is 5.11. The molecule has 2 unspecified atom stereocenters. The van der Waals surface area contributed by atoms with Gasteiger partial charge in [0.1, 0.15) is 0 Å². The number of hydrogen-bond donors (Lipinski definition) is 0. The van der Waals surface area contributed by atoms with Crippen LogP contribution < -0.4 is 0 Å². The fourth-order valence-corrected chi connectivity index (χ4v) is 3.53. The molecular formula is C18H28. The van der Waals surface area contributed by atoms with Crippen molar-refractivity contribution in [2.75, 3.05) is 0 Å². The summed E-state index contributed by atoms with van der Waals surface area (Å²) >= 11 is 0. The van der Waals surface area contributed by atoms with E-state index in [0.29, 0.717) is 10.8 Å². The molecule has 0 heterocycles. The minimum atomic E-state index is 0.394. The van der Waals surface area contributed by atoms with Gasteiger partial charge in [-0.2, -0.15) is 0 Å². The van der Waals surface area contributed by atoms with Crippen molar-refractivity contribution in [3.8, 4) is 0 Å². The van der Waals surface area contributed by atoms with Crippen molar-refractivity contribution < 1.29 is 0 Å². The van der Waals surface area contributed by atoms with E-state index in [-0.39, 0.29) is 0 Å². The van der Waals surface area contributed by atoms with E-state index < -0.39 is 0 Å². The molecule has 0 spiro atoms. The molecule has 0 radical (unpaired) electrons. The molecule has 0 fully saturated rings. The van der Waals surface area contributed by atoms with Crippen molar-refractivity contribution in [3.05, 3.63) is 35.4 Å². The summed E-state index contributed by atoms with van der Waals surface area (Å²) in [5.74, 6) is 1.57. The summed E-state index contributed by atoms with van der Waals surface area (Å²) in [7, 11) is 0. The molecule has 0 saturated carbocycles. The second-order valence-corrected chi connectivity index (χ2v) is 8.12. The van der Waals surface area contributed by atoms with Crippen LogP contribution in [0.5, 0.6) is 0 Å². The lowest BCUT2D eigenvalue weighted by Gasteiger charge is -2.47. The summed E-state index contributed by atoms with van der Waals surface area (Å²) in [6.07, 6.45) is 2.50.